The average molecular weight is 553 g/mol. The van der Waals surface area contributed by atoms with Gasteiger partial charge in [-0.3, -0.25) is 4.79 Å². The molecule has 4 atom stereocenters. The zero-order chi connectivity index (χ0) is 27.6. The summed E-state index contributed by atoms with van der Waals surface area (Å²) in [7, 11) is 7.02. The molecule has 2 heterocycles. The van der Waals surface area contributed by atoms with Crippen LogP contribution in [0.4, 0.5) is 0 Å². The lowest BCUT2D eigenvalue weighted by Gasteiger charge is -2.61. The number of aryl methyl sites for hydroxylation is 1. The van der Waals surface area contributed by atoms with Gasteiger partial charge in [-0.25, -0.2) is 0 Å². The second-order valence-electron chi connectivity index (χ2n) is 9.91. The van der Waals surface area contributed by atoms with E-state index in [9.17, 15) is 15.0 Å². The standard InChI is InChI=1S/C27H33ClO10/c1-13-10-15-20(21(30)19-14(22(15)32-2)8-7-9-16(19)29)23-18(13)17-11-26(35-5,38-23)25(31,12-28)27(36-6,37-17)24(33-3)34-4/h10,17,24,30-31H,7-9,11-12H2,1-6H3/t17?,25-,26+,27?/m0/s1. The van der Waals surface area contributed by atoms with Crippen molar-refractivity contribution in [1.29, 1.82) is 0 Å². The molecule has 0 aromatic heterocycles. The number of rotatable bonds is 7. The maximum absolute atomic E-state index is 13.0. The normalized spacial score (nSPS) is 30.2. The summed E-state index contributed by atoms with van der Waals surface area (Å²) < 4.78 is 41.6. The molecule has 1 saturated heterocycles. The molecular formula is C27H33ClO10. The van der Waals surface area contributed by atoms with Gasteiger partial charge in [-0.15, -0.1) is 11.6 Å². The van der Waals surface area contributed by atoms with Crippen molar-refractivity contribution < 1.29 is 48.2 Å². The molecular weight excluding hydrogens is 520 g/mol. The Hall–Kier alpha value is -2.18. The Morgan fingerprint density at radius 3 is 2.45 bits per heavy atom. The van der Waals surface area contributed by atoms with Gasteiger partial charge in [-0.1, -0.05) is 0 Å². The molecule has 2 unspecified atom stereocenters. The number of aliphatic hydroxyl groups is 1. The molecule has 0 radical (unpaired) electrons. The molecule has 2 aliphatic heterocycles. The van der Waals surface area contributed by atoms with Gasteiger partial charge in [0, 0.05) is 57.8 Å². The second kappa shape index (κ2) is 9.48. The van der Waals surface area contributed by atoms with Gasteiger partial charge in [0.2, 0.25) is 17.7 Å². The van der Waals surface area contributed by atoms with Crippen molar-refractivity contribution in [3.63, 3.8) is 0 Å². The first-order valence-electron chi connectivity index (χ1n) is 12.4. The number of fused-ring (bicyclic) bond motifs is 7. The monoisotopic (exact) mass is 552 g/mol. The number of methoxy groups -OCH3 is 5. The number of carbonyl (C=O) groups excluding carboxylic acids is 1. The van der Waals surface area contributed by atoms with Crippen LogP contribution in [-0.4, -0.2) is 80.9 Å². The number of hydrogen-bond acceptors (Lipinski definition) is 10. The van der Waals surface area contributed by atoms with E-state index in [1.54, 1.807) is 0 Å². The van der Waals surface area contributed by atoms with E-state index in [1.165, 1.54) is 35.5 Å². The van der Waals surface area contributed by atoms with Gasteiger partial charge >= 0.3 is 0 Å². The highest BCUT2D eigenvalue weighted by Crippen LogP contribution is 2.61. The Balaban J connectivity index is 1.87. The maximum atomic E-state index is 13.0. The Kier molecular flexibility index (Phi) is 6.83. The van der Waals surface area contributed by atoms with Crippen LogP contribution in [0.3, 0.4) is 0 Å². The molecule has 208 valence electrons. The summed E-state index contributed by atoms with van der Waals surface area (Å²) in [6.07, 6.45) is -0.377. The van der Waals surface area contributed by atoms with Gasteiger partial charge < -0.3 is 43.4 Å². The molecule has 1 fully saturated rings. The van der Waals surface area contributed by atoms with Gasteiger partial charge in [0.05, 0.1) is 30.0 Å². The van der Waals surface area contributed by atoms with E-state index in [4.69, 9.17) is 44.8 Å². The minimum atomic E-state index is -2.17. The second-order valence-corrected chi connectivity index (χ2v) is 10.2. The van der Waals surface area contributed by atoms with Gasteiger partial charge in [-0.2, -0.15) is 0 Å². The van der Waals surface area contributed by atoms with Crippen molar-refractivity contribution in [2.75, 3.05) is 41.4 Å². The van der Waals surface area contributed by atoms with Crippen LogP contribution in [0.1, 0.15) is 52.4 Å². The molecule has 10 nitrogen and oxygen atoms in total. The summed E-state index contributed by atoms with van der Waals surface area (Å²) >= 11 is 6.43. The highest BCUT2D eigenvalue weighted by atomic mass is 35.5. The molecule has 3 aliphatic rings. The predicted molar refractivity (Wildman–Crippen MR) is 136 cm³/mol. The van der Waals surface area contributed by atoms with Crippen LogP contribution in [0.2, 0.25) is 0 Å². The van der Waals surface area contributed by atoms with Crippen LogP contribution >= 0.6 is 11.6 Å². The fourth-order valence-corrected chi connectivity index (χ4v) is 6.92. The molecule has 2 N–H and O–H groups in total. The molecule has 0 amide bonds. The number of ether oxygens (including phenoxy) is 7. The van der Waals surface area contributed by atoms with E-state index < -0.39 is 35.4 Å². The Morgan fingerprint density at radius 1 is 1.16 bits per heavy atom. The third kappa shape index (κ3) is 3.25. The van der Waals surface area contributed by atoms with E-state index in [-0.39, 0.29) is 34.7 Å². The maximum Gasteiger partial charge on any atom is 0.258 e. The highest BCUT2D eigenvalue weighted by molar-refractivity contribution is 6.18. The topological polar surface area (TPSA) is 122 Å². The van der Waals surface area contributed by atoms with E-state index in [2.05, 4.69) is 0 Å². The first-order valence-corrected chi connectivity index (χ1v) is 12.9. The average Bonchev–Trinajstić information content (AvgIpc) is 2.91. The van der Waals surface area contributed by atoms with E-state index in [0.29, 0.717) is 41.5 Å². The van der Waals surface area contributed by atoms with Crippen molar-refractivity contribution >= 4 is 28.2 Å². The molecule has 5 rings (SSSR count). The van der Waals surface area contributed by atoms with Crippen LogP contribution in [-0.2, 0) is 30.1 Å². The van der Waals surface area contributed by atoms with Gasteiger partial charge in [-0.05, 0) is 31.4 Å². The SMILES string of the molecule is COc1c2c(c(O)c3c4c(c(C)cc13)C1C[C@@](OC)(O4)[C@@](O)(CCl)C(OC)(C(OC)OC)O1)C(=O)CCC2. The number of alkyl halides is 1. The summed E-state index contributed by atoms with van der Waals surface area (Å²) in [5.74, 6) is -3.93. The lowest BCUT2D eigenvalue weighted by atomic mass is 9.74. The first-order chi connectivity index (χ1) is 18.1. The molecule has 2 bridgehead atoms. The molecule has 1 aliphatic carbocycles. The van der Waals surface area contributed by atoms with E-state index >= 15 is 0 Å². The predicted octanol–water partition coefficient (Wildman–Crippen LogP) is 3.51. The number of Topliss-reactive ketones (excluding diaryl/α,β-unsaturated/α-hetero) is 1. The number of ketones is 1. The number of phenolic OH excluding ortho intramolecular Hbond substituents is 1. The van der Waals surface area contributed by atoms with Crippen molar-refractivity contribution in [3.05, 3.63) is 28.3 Å². The lowest BCUT2D eigenvalue weighted by molar-refractivity contribution is -0.476. The Labute approximate surface area is 225 Å². The van der Waals surface area contributed by atoms with Crippen molar-refractivity contribution in [1.82, 2.24) is 0 Å². The van der Waals surface area contributed by atoms with Crippen LogP contribution in [0.25, 0.3) is 10.8 Å². The molecule has 11 heteroatoms. The minimum Gasteiger partial charge on any atom is -0.506 e. The molecule has 2 aromatic carbocycles. The van der Waals surface area contributed by atoms with Crippen LogP contribution in [0.5, 0.6) is 17.2 Å². The molecule has 2 aromatic rings. The smallest absolute Gasteiger partial charge is 0.258 e. The van der Waals surface area contributed by atoms with E-state index in [0.717, 1.165) is 5.56 Å². The van der Waals surface area contributed by atoms with Gasteiger partial charge in [0.15, 0.2) is 5.78 Å². The number of halogens is 1. The molecule has 38 heavy (non-hydrogen) atoms. The number of benzene rings is 2. The molecule has 0 spiro atoms. The summed E-state index contributed by atoms with van der Waals surface area (Å²) in [5, 5.41) is 24.6. The number of hydrogen-bond donors (Lipinski definition) is 2. The number of carbonyl (C=O) groups is 1. The zero-order valence-electron chi connectivity index (χ0n) is 22.3. The summed E-state index contributed by atoms with van der Waals surface area (Å²) in [6, 6.07) is 1.87. The fraction of sp³-hybridized carbons (Fsp3) is 0.593. The Morgan fingerprint density at radius 2 is 1.87 bits per heavy atom. The lowest BCUT2D eigenvalue weighted by Crippen LogP contribution is -2.80. The van der Waals surface area contributed by atoms with Gasteiger partial charge in [0.25, 0.3) is 5.79 Å². The summed E-state index contributed by atoms with van der Waals surface area (Å²) in [5.41, 5.74) is 0.0800. The summed E-state index contributed by atoms with van der Waals surface area (Å²) in [6.45, 7) is 1.88. The fourth-order valence-electron chi connectivity index (χ4n) is 6.53. The number of aromatic hydroxyl groups is 1. The van der Waals surface area contributed by atoms with Crippen LogP contribution < -0.4 is 9.47 Å². The Bertz CT molecular complexity index is 1290. The largest absolute Gasteiger partial charge is 0.506 e. The van der Waals surface area contributed by atoms with Gasteiger partial charge in [0.1, 0.15) is 17.2 Å². The third-order valence-electron chi connectivity index (χ3n) is 8.27. The zero-order valence-corrected chi connectivity index (χ0v) is 23.1. The van der Waals surface area contributed by atoms with E-state index in [1.807, 2.05) is 13.0 Å². The minimum absolute atomic E-state index is 0.0408. The van der Waals surface area contributed by atoms with Crippen molar-refractivity contribution in [3.8, 4) is 17.2 Å². The van der Waals surface area contributed by atoms with Crippen molar-refractivity contribution in [2.24, 2.45) is 0 Å². The van der Waals surface area contributed by atoms with Crippen LogP contribution in [0.15, 0.2) is 6.07 Å². The highest BCUT2D eigenvalue weighted by Gasteiger charge is 2.76. The van der Waals surface area contributed by atoms with Crippen molar-refractivity contribution in [2.45, 2.75) is 62.2 Å². The quantitative estimate of drug-likeness (QED) is 0.390. The third-order valence-corrected chi connectivity index (χ3v) is 8.65. The van der Waals surface area contributed by atoms with Crippen LogP contribution in [0, 0.1) is 6.92 Å². The summed E-state index contributed by atoms with van der Waals surface area (Å²) in [4.78, 5) is 13.0. The molecule has 0 saturated carbocycles. The first kappa shape index (κ1) is 27.4. The number of phenols is 1.